The second-order valence-corrected chi connectivity index (χ2v) is 8.69. The Hall–Kier alpha value is -1.46. The SMILES string of the molecule is Cc1ccnc2cc(S(=O)(=O)N3CCC4(CCC4)C3)ccc12. The van der Waals surface area contributed by atoms with Crippen LogP contribution in [0, 0.1) is 12.3 Å². The van der Waals surface area contributed by atoms with Crippen LogP contribution in [0.25, 0.3) is 10.9 Å². The van der Waals surface area contributed by atoms with E-state index in [2.05, 4.69) is 4.98 Å². The van der Waals surface area contributed by atoms with Crippen LogP contribution in [0.3, 0.4) is 0 Å². The topological polar surface area (TPSA) is 50.3 Å². The van der Waals surface area contributed by atoms with Gasteiger partial charge in [-0.25, -0.2) is 8.42 Å². The van der Waals surface area contributed by atoms with Gasteiger partial charge in [0.05, 0.1) is 10.4 Å². The number of hydrogen-bond acceptors (Lipinski definition) is 3. The fourth-order valence-electron chi connectivity index (χ4n) is 3.76. The van der Waals surface area contributed by atoms with Crippen molar-refractivity contribution in [3.63, 3.8) is 0 Å². The molecular formula is C17H20N2O2S. The molecule has 1 aromatic heterocycles. The average Bonchev–Trinajstić information content (AvgIpc) is 2.93. The predicted octanol–water partition coefficient (Wildman–Crippen LogP) is 3.11. The van der Waals surface area contributed by atoms with E-state index in [0.29, 0.717) is 18.0 Å². The first-order chi connectivity index (χ1) is 10.5. The van der Waals surface area contributed by atoms with E-state index in [1.54, 1.807) is 22.6 Å². The van der Waals surface area contributed by atoms with Gasteiger partial charge >= 0.3 is 0 Å². The van der Waals surface area contributed by atoms with Crippen LogP contribution < -0.4 is 0 Å². The number of fused-ring (bicyclic) bond motifs is 1. The molecule has 1 aromatic carbocycles. The molecule has 0 atom stereocenters. The first kappa shape index (κ1) is 14.2. The highest BCUT2D eigenvalue weighted by atomic mass is 32.2. The normalized spacial score (nSPS) is 21.3. The van der Waals surface area contributed by atoms with Gasteiger partial charge in [-0.3, -0.25) is 4.98 Å². The van der Waals surface area contributed by atoms with Gasteiger partial charge < -0.3 is 0 Å². The Bertz CT molecular complexity index is 841. The Kier molecular flexibility index (Phi) is 3.07. The van der Waals surface area contributed by atoms with E-state index in [9.17, 15) is 8.42 Å². The smallest absolute Gasteiger partial charge is 0.243 e. The van der Waals surface area contributed by atoms with Crippen LogP contribution in [0.1, 0.15) is 31.2 Å². The highest BCUT2D eigenvalue weighted by Gasteiger charge is 2.46. The summed E-state index contributed by atoms with van der Waals surface area (Å²) < 4.78 is 27.4. The maximum absolute atomic E-state index is 12.9. The number of aryl methyl sites for hydroxylation is 1. The average molecular weight is 316 g/mol. The molecule has 4 nitrogen and oxygen atoms in total. The van der Waals surface area contributed by atoms with Crippen LogP contribution in [0.15, 0.2) is 35.4 Å². The molecule has 0 N–H and O–H groups in total. The molecule has 5 heteroatoms. The second-order valence-electron chi connectivity index (χ2n) is 6.75. The zero-order valence-electron chi connectivity index (χ0n) is 12.7. The van der Waals surface area contributed by atoms with E-state index in [4.69, 9.17) is 0 Å². The molecule has 0 radical (unpaired) electrons. The third kappa shape index (κ3) is 2.07. The van der Waals surface area contributed by atoms with Crippen molar-refractivity contribution < 1.29 is 8.42 Å². The van der Waals surface area contributed by atoms with E-state index < -0.39 is 10.0 Å². The minimum Gasteiger partial charge on any atom is -0.256 e. The van der Waals surface area contributed by atoms with E-state index >= 15 is 0 Å². The zero-order valence-corrected chi connectivity index (χ0v) is 13.6. The number of hydrogen-bond donors (Lipinski definition) is 0. The lowest BCUT2D eigenvalue weighted by Gasteiger charge is -2.37. The summed E-state index contributed by atoms with van der Waals surface area (Å²) in [5.41, 5.74) is 2.14. The summed E-state index contributed by atoms with van der Waals surface area (Å²) in [6.07, 6.45) is 6.34. The molecular weight excluding hydrogens is 296 g/mol. The lowest BCUT2D eigenvalue weighted by atomic mass is 9.68. The summed E-state index contributed by atoms with van der Waals surface area (Å²) >= 11 is 0. The number of benzene rings is 1. The summed E-state index contributed by atoms with van der Waals surface area (Å²) in [6.45, 7) is 3.36. The molecule has 1 saturated carbocycles. The molecule has 1 aliphatic carbocycles. The van der Waals surface area contributed by atoms with E-state index in [0.717, 1.165) is 22.9 Å². The largest absolute Gasteiger partial charge is 0.256 e. The van der Waals surface area contributed by atoms with Crippen LogP contribution in [-0.4, -0.2) is 30.8 Å². The lowest BCUT2D eigenvalue weighted by Crippen LogP contribution is -2.35. The number of nitrogens with zero attached hydrogens (tertiary/aromatic N) is 2. The molecule has 1 aliphatic heterocycles. The summed E-state index contributed by atoms with van der Waals surface area (Å²) in [5.74, 6) is 0. The Morgan fingerprint density at radius 3 is 2.68 bits per heavy atom. The van der Waals surface area contributed by atoms with Crippen molar-refractivity contribution in [1.29, 1.82) is 0 Å². The van der Waals surface area contributed by atoms with Crippen LogP contribution in [0.4, 0.5) is 0 Å². The first-order valence-corrected chi connectivity index (χ1v) is 9.30. The van der Waals surface area contributed by atoms with Gasteiger partial charge in [0.25, 0.3) is 0 Å². The molecule has 4 rings (SSSR count). The molecule has 0 bridgehead atoms. The molecule has 2 aliphatic rings. The Morgan fingerprint density at radius 2 is 2.00 bits per heavy atom. The van der Waals surface area contributed by atoms with Crippen molar-refractivity contribution in [2.24, 2.45) is 5.41 Å². The monoisotopic (exact) mass is 316 g/mol. The van der Waals surface area contributed by atoms with Gasteiger partial charge in [-0.1, -0.05) is 12.5 Å². The predicted molar refractivity (Wildman–Crippen MR) is 86.1 cm³/mol. The lowest BCUT2D eigenvalue weighted by molar-refractivity contribution is 0.153. The minimum atomic E-state index is -3.40. The Labute approximate surface area is 131 Å². The number of aromatic nitrogens is 1. The summed E-state index contributed by atoms with van der Waals surface area (Å²) in [6, 6.07) is 7.25. The third-order valence-electron chi connectivity index (χ3n) is 5.39. The summed E-state index contributed by atoms with van der Waals surface area (Å²) in [5, 5.41) is 1.01. The van der Waals surface area contributed by atoms with Gasteiger partial charge in [0, 0.05) is 24.7 Å². The van der Waals surface area contributed by atoms with E-state index in [1.807, 2.05) is 19.1 Å². The van der Waals surface area contributed by atoms with Gasteiger partial charge in [-0.2, -0.15) is 4.31 Å². The summed E-state index contributed by atoms with van der Waals surface area (Å²) in [7, 11) is -3.40. The van der Waals surface area contributed by atoms with Gasteiger partial charge in [-0.15, -0.1) is 0 Å². The van der Waals surface area contributed by atoms with Crippen molar-refractivity contribution in [1.82, 2.24) is 9.29 Å². The van der Waals surface area contributed by atoms with Crippen LogP contribution in [0.5, 0.6) is 0 Å². The highest BCUT2D eigenvalue weighted by molar-refractivity contribution is 7.89. The van der Waals surface area contributed by atoms with E-state index in [-0.39, 0.29) is 5.41 Å². The number of pyridine rings is 1. The Morgan fingerprint density at radius 1 is 1.18 bits per heavy atom. The summed E-state index contributed by atoms with van der Waals surface area (Å²) in [4.78, 5) is 4.69. The zero-order chi connectivity index (χ0) is 15.4. The maximum Gasteiger partial charge on any atom is 0.243 e. The van der Waals surface area contributed by atoms with Crippen molar-refractivity contribution in [2.75, 3.05) is 13.1 Å². The minimum absolute atomic E-state index is 0.277. The van der Waals surface area contributed by atoms with Crippen LogP contribution in [-0.2, 0) is 10.0 Å². The van der Waals surface area contributed by atoms with E-state index in [1.165, 1.54) is 19.3 Å². The third-order valence-corrected chi connectivity index (χ3v) is 7.23. The second kappa shape index (κ2) is 4.77. The molecule has 1 saturated heterocycles. The van der Waals surface area contributed by atoms with Crippen LogP contribution >= 0.6 is 0 Å². The fraction of sp³-hybridized carbons (Fsp3) is 0.471. The molecule has 22 heavy (non-hydrogen) atoms. The molecule has 116 valence electrons. The van der Waals surface area contributed by atoms with Crippen LogP contribution in [0.2, 0.25) is 0 Å². The molecule has 1 spiro atoms. The standard InChI is InChI=1S/C17H20N2O2S/c1-13-5-9-18-16-11-14(3-4-15(13)16)22(20,21)19-10-8-17(12-19)6-2-7-17/h3-5,9,11H,2,6-8,10,12H2,1H3. The van der Waals surface area contributed by atoms with Gasteiger partial charge in [-0.05, 0) is 55.4 Å². The number of sulfonamides is 1. The molecule has 0 unspecified atom stereocenters. The van der Waals surface area contributed by atoms with Crippen molar-refractivity contribution in [2.45, 2.75) is 37.5 Å². The molecule has 2 heterocycles. The van der Waals surface area contributed by atoms with Crippen molar-refractivity contribution >= 4 is 20.9 Å². The molecule has 0 amide bonds. The molecule has 2 fully saturated rings. The quantitative estimate of drug-likeness (QED) is 0.855. The Balaban J connectivity index is 1.71. The van der Waals surface area contributed by atoms with Gasteiger partial charge in [0.15, 0.2) is 0 Å². The maximum atomic E-state index is 12.9. The van der Waals surface area contributed by atoms with Crippen molar-refractivity contribution in [3.05, 3.63) is 36.0 Å². The highest BCUT2D eigenvalue weighted by Crippen LogP contribution is 2.49. The van der Waals surface area contributed by atoms with Gasteiger partial charge in [0.2, 0.25) is 10.0 Å². The molecule has 2 aromatic rings. The number of rotatable bonds is 2. The fourth-order valence-corrected chi connectivity index (χ4v) is 5.34. The van der Waals surface area contributed by atoms with Crippen molar-refractivity contribution in [3.8, 4) is 0 Å². The first-order valence-electron chi connectivity index (χ1n) is 7.86. The van der Waals surface area contributed by atoms with Gasteiger partial charge in [0.1, 0.15) is 0 Å².